The zero-order valence-electron chi connectivity index (χ0n) is 10.7. The lowest BCUT2D eigenvalue weighted by molar-refractivity contribution is -0.160. The lowest BCUT2D eigenvalue weighted by Crippen LogP contribution is -2.44. The molecular weight excluding hydrogens is 245 g/mol. The molecule has 0 aliphatic heterocycles. The molecule has 1 amide bonds. The monoisotopic (exact) mass is 266 g/mol. The number of amides is 1. The van der Waals surface area contributed by atoms with E-state index in [1.165, 1.54) is 0 Å². The van der Waals surface area contributed by atoms with E-state index in [1.807, 2.05) is 6.92 Å². The first kappa shape index (κ1) is 15.3. The van der Waals surface area contributed by atoms with Crippen molar-refractivity contribution in [2.45, 2.75) is 38.8 Å². The van der Waals surface area contributed by atoms with Crippen LogP contribution in [0.2, 0.25) is 0 Å². The van der Waals surface area contributed by atoms with Crippen molar-refractivity contribution in [3.05, 3.63) is 0 Å². The molecule has 0 radical (unpaired) electrons. The van der Waals surface area contributed by atoms with E-state index >= 15 is 0 Å². The van der Waals surface area contributed by atoms with Crippen LogP contribution in [-0.2, 0) is 4.79 Å². The first-order valence-corrected chi connectivity index (χ1v) is 6.47. The van der Waals surface area contributed by atoms with E-state index in [2.05, 4.69) is 5.32 Å². The van der Waals surface area contributed by atoms with Gasteiger partial charge in [-0.15, -0.1) is 0 Å². The van der Waals surface area contributed by atoms with Crippen LogP contribution in [0.15, 0.2) is 0 Å². The molecular formula is C12H21F3N2O. The predicted octanol–water partition coefficient (Wildman–Crippen LogP) is 2.18. The average molecular weight is 266 g/mol. The van der Waals surface area contributed by atoms with E-state index in [0.29, 0.717) is 12.3 Å². The summed E-state index contributed by atoms with van der Waals surface area (Å²) in [4.78, 5) is 12.6. The summed E-state index contributed by atoms with van der Waals surface area (Å²) in [6.45, 7) is 1.67. The van der Waals surface area contributed by atoms with Gasteiger partial charge in [0.2, 0.25) is 5.91 Å². The summed E-state index contributed by atoms with van der Waals surface area (Å²) >= 11 is 0. The fourth-order valence-electron chi connectivity index (χ4n) is 1.67. The molecule has 1 aliphatic carbocycles. The Labute approximate surface area is 106 Å². The zero-order valence-corrected chi connectivity index (χ0v) is 10.7. The molecule has 0 bridgehead atoms. The van der Waals surface area contributed by atoms with E-state index in [9.17, 15) is 18.0 Å². The molecule has 0 aromatic carbocycles. The second-order valence-electron chi connectivity index (χ2n) is 4.86. The largest absolute Gasteiger partial charge is 0.406 e. The molecule has 18 heavy (non-hydrogen) atoms. The first-order valence-electron chi connectivity index (χ1n) is 6.47. The minimum absolute atomic E-state index is 0.0102. The lowest BCUT2D eigenvalue weighted by Gasteiger charge is -2.24. The molecule has 0 atom stereocenters. The van der Waals surface area contributed by atoms with E-state index in [4.69, 9.17) is 0 Å². The lowest BCUT2D eigenvalue weighted by atomic mass is 10.3. The highest BCUT2D eigenvalue weighted by Crippen LogP contribution is 2.27. The number of halogens is 3. The topological polar surface area (TPSA) is 32.3 Å². The molecule has 0 unspecified atom stereocenters. The Kier molecular flexibility index (Phi) is 5.91. The molecule has 1 rings (SSSR count). The Hall–Kier alpha value is -0.780. The van der Waals surface area contributed by atoms with Crippen molar-refractivity contribution >= 4 is 5.91 Å². The maximum Gasteiger partial charge on any atom is 0.406 e. The van der Waals surface area contributed by atoms with Crippen molar-refractivity contribution in [1.29, 1.82) is 0 Å². The number of alkyl halides is 3. The molecule has 1 N–H and O–H groups in total. The fraction of sp³-hybridized carbons (Fsp3) is 0.917. The minimum Gasteiger partial charge on any atom is -0.332 e. The van der Waals surface area contributed by atoms with Crippen molar-refractivity contribution in [3.63, 3.8) is 0 Å². The van der Waals surface area contributed by atoms with Crippen LogP contribution in [0, 0.1) is 5.92 Å². The maximum atomic E-state index is 12.3. The molecule has 0 heterocycles. The second-order valence-corrected chi connectivity index (χ2v) is 4.86. The number of unbranched alkanes of at least 4 members (excludes halogenated alkanes) is 1. The fourth-order valence-corrected chi connectivity index (χ4v) is 1.67. The molecule has 0 saturated heterocycles. The molecule has 3 nitrogen and oxygen atoms in total. The van der Waals surface area contributed by atoms with Gasteiger partial charge in [0, 0.05) is 6.54 Å². The summed E-state index contributed by atoms with van der Waals surface area (Å²) in [7, 11) is 0. The van der Waals surface area contributed by atoms with Gasteiger partial charge in [0.25, 0.3) is 0 Å². The van der Waals surface area contributed by atoms with Crippen LogP contribution in [0.4, 0.5) is 13.2 Å². The van der Waals surface area contributed by atoms with Crippen LogP contribution in [0.5, 0.6) is 0 Å². The van der Waals surface area contributed by atoms with Crippen LogP contribution in [0.25, 0.3) is 0 Å². The Balaban J connectivity index is 2.32. The molecule has 0 aromatic rings. The van der Waals surface area contributed by atoms with Gasteiger partial charge in [-0.3, -0.25) is 4.79 Å². The summed E-state index contributed by atoms with van der Waals surface area (Å²) in [5, 5.41) is 2.93. The Morgan fingerprint density at radius 2 is 2.06 bits per heavy atom. The number of nitrogens with one attached hydrogen (secondary N) is 1. The van der Waals surface area contributed by atoms with Crippen LogP contribution < -0.4 is 5.32 Å². The minimum atomic E-state index is -4.32. The summed E-state index contributed by atoms with van der Waals surface area (Å²) in [6, 6.07) is 0. The van der Waals surface area contributed by atoms with Gasteiger partial charge in [0.1, 0.15) is 6.54 Å². The Bertz CT molecular complexity index is 265. The van der Waals surface area contributed by atoms with Crippen LogP contribution in [-0.4, -0.2) is 43.2 Å². The normalized spacial score (nSPS) is 15.8. The summed E-state index contributed by atoms with van der Waals surface area (Å²) < 4.78 is 37.0. The second kappa shape index (κ2) is 6.97. The van der Waals surface area contributed by atoms with Gasteiger partial charge >= 0.3 is 6.18 Å². The molecule has 0 spiro atoms. The van der Waals surface area contributed by atoms with E-state index in [0.717, 1.165) is 30.7 Å². The smallest absolute Gasteiger partial charge is 0.332 e. The third-order valence-corrected chi connectivity index (χ3v) is 2.91. The Morgan fingerprint density at radius 3 is 2.56 bits per heavy atom. The Morgan fingerprint density at radius 1 is 1.39 bits per heavy atom. The van der Waals surface area contributed by atoms with Crippen molar-refractivity contribution in [2.75, 3.05) is 26.2 Å². The molecule has 0 aromatic heterocycles. The van der Waals surface area contributed by atoms with Crippen LogP contribution in [0.3, 0.4) is 0 Å². The van der Waals surface area contributed by atoms with Gasteiger partial charge in [-0.25, -0.2) is 0 Å². The highest BCUT2D eigenvalue weighted by atomic mass is 19.4. The van der Waals surface area contributed by atoms with E-state index in [1.54, 1.807) is 0 Å². The first-order chi connectivity index (χ1) is 8.42. The zero-order chi connectivity index (χ0) is 13.6. The number of rotatable bonds is 8. The summed E-state index contributed by atoms with van der Waals surface area (Å²) in [6.07, 6.45) is -0.631. The predicted molar refractivity (Wildman–Crippen MR) is 63.1 cm³/mol. The highest BCUT2D eigenvalue weighted by Gasteiger charge is 2.32. The number of carbonyl (C=O) groups excluding carboxylic acids is 1. The van der Waals surface area contributed by atoms with Crippen molar-refractivity contribution < 1.29 is 18.0 Å². The quantitative estimate of drug-likeness (QED) is 0.730. The number of hydrogen-bond acceptors (Lipinski definition) is 2. The van der Waals surface area contributed by atoms with Crippen molar-refractivity contribution in [1.82, 2.24) is 10.2 Å². The molecule has 106 valence electrons. The highest BCUT2D eigenvalue weighted by molar-refractivity contribution is 5.78. The van der Waals surface area contributed by atoms with E-state index < -0.39 is 18.6 Å². The van der Waals surface area contributed by atoms with E-state index in [-0.39, 0.29) is 13.1 Å². The average Bonchev–Trinajstić information content (AvgIpc) is 3.06. The third-order valence-electron chi connectivity index (χ3n) is 2.91. The molecule has 1 saturated carbocycles. The number of carbonyl (C=O) groups is 1. The molecule has 1 aliphatic rings. The summed E-state index contributed by atoms with van der Waals surface area (Å²) in [5.41, 5.74) is 0. The number of hydrogen-bond donors (Lipinski definition) is 1. The SMILES string of the molecule is CCCCN(CC(F)(F)F)C(=O)CNCC1CC1. The van der Waals surface area contributed by atoms with Gasteiger partial charge in [-0.05, 0) is 31.7 Å². The maximum absolute atomic E-state index is 12.3. The van der Waals surface area contributed by atoms with Gasteiger partial charge < -0.3 is 10.2 Å². The number of nitrogens with zero attached hydrogens (tertiary/aromatic N) is 1. The third kappa shape index (κ3) is 6.83. The van der Waals surface area contributed by atoms with Crippen molar-refractivity contribution in [3.8, 4) is 0 Å². The standard InChI is InChI=1S/C12H21F3N2O/c1-2-3-6-17(9-12(13,14)15)11(18)8-16-7-10-4-5-10/h10,16H,2-9H2,1H3. The van der Waals surface area contributed by atoms with Gasteiger partial charge in [-0.1, -0.05) is 13.3 Å². The molecule has 6 heteroatoms. The van der Waals surface area contributed by atoms with Gasteiger partial charge in [0.15, 0.2) is 0 Å². The van der Waals surface area contributed by atoms with Gasteiger partial charge in [-0.2, -0.15) is 13.2 Å². The van der Waals surface area contributed by atoms with Crippen LogP contribution >= 0.6 is 0 Å². The van der Waals surface area contributed by atoms with Crippen LogP contribution in [0.1, 0.15) is 32.6 Å². The van der Waals surface area contributed by atoms with Crippen molar-refractivity contribution in [2.24, 2.45) is 5.92 Å². The molecule has 1 fully saturated rings. The summed E-state index contributed by atoms with van der Waals surface area (Å²) in [5.74, 6) is 0.158. The van der Waals surface area contributed by atoms with Gasteiger partial charge in [0.05, 0.1) is 6.54 Å².